The van der Waals surface area contributed by atoms with Crippen molar-refractivity contribution in [3.63, 3.8) is 0 Å². The molecule has 0 fully saturated rings. The molecule has 0 saturated heterocycles. The maximum absolute atomic E-state index is 11.8. The van der Waals surface area contributed by atoms with E-state index in [1.807, 2.05) is 55.5 Å². The molecule has 2 rings (SSSR count). The lowest BCUT2D eigenvalue weighted by molar-refractivity contribution is -0.121. The zero-order valence-electron chi connectivity index (χ0n) is 15.1. The molecule has 0 saturated carbocycles. The van der Waals surface area contributed by atoms with Gasteiger partial charge < -0.3 is 20.5 Å². The van der Waals surface area contributed by atoms with Gasteiger partial charge in [0, 0.05) is 18.7 Å². The van der Waals surface area contributed by atoms with Crippen LogP contribution in [0.4, 0.5) is 5.69 Å². The van der Waals surface area contributed by atoms with Crippen LogP contribution in [0, 0.1) is 0 Å². The number of hydrogen-bond donors (Lipinski definition) is 2. The Hall–Kier alpha value is -2.40. The highest BCUT2D eigenvalue weighted by molar-refractivity contribution is 5.85. The van der Waals surface area contributed by atoms with Gasteiger partial charge >= 0.3 is 0 Å². The average Bonchev–Trinajstić information content (AvgIpc) is 2.62. The van der Waals surface area contributed by atoms with Crippen LogP contribution in [-0.2, 0) is 11.2 Å². The first-order valence-corrected chi connectivity index (χ1v) is 8.64. The summed E-state index contributed by atoms with van der Waals surface area (Å²) in [6, 6.07) is 15.2. The molecule has 3 N–H and O–H groups in total. The largest absolute Gasteiger partial charge is 0.494 e. The summed E-state index contributed by atoms with van der Waals surface area (Å²) in [7, 11) is 0. The van der Waals surface area contributed by atoms with Gasteiger partial charge in [0.05, 0.1) is 13.2 Å². The fourth-order valence-electron chi connectivity index (χ4n) is 2.34. The number of rotatable bonds is 10. The summed E-state index contributed by atoms with van der Waals surface area (Å²) in [5, 5.41) is 2.92. The summed E-state index contributed by atoms with van der Waals surface area (Å²) in [6.45, 7) is 3.74. The molecule has 0 heterocycles. The average molecular weight is 379 g/mol. The molecule has 0 aliphatic rings. The van der Waals surface area contributed by atoms with E-state index >= 15 is 0 Å². The van der Waals surface area contributed by atoms with Gasteiger partial charge in [-0.1, -0.05) is 12.1 Å². The molecule has 26 heavy (non-hydrogen) atoms. The number of benzene rings is 2. The predicted molar refractivity (Wildman–Crippen MR) is 107 cm³/mol. The standard InChI is InChI=1S/C20H26N2O3.ClH/c1-2-24-18-9-11-19(12-10-18)25-15-3-4-20(23)22-14-13-16-5-7-17(21)8-6-16;/h5-12H,2-4,13-15,21H2,1H3,(H,22,23);1H. The van der Waals surface area contributed by atoms with Crippen LogP contribution in [-0.4, -0.2) is 25.7 Å². The fourth-order valence-corrected chi connectivity index (χ4v) is 2.34. The number of carbonyl (C=O) groups is 1. The molecule has 0 aliphatic carbocycles. The third kappa shape index (κ3) is 8.12. The lowest BCUT2D eigenvalue weighted by Crippen LogP contribution is -2.25. The van der Waals surface area contributed by atoms with Gasteiger partial charge in [-0.15, -0.1) is 12.4 Å². The lowest BCUT2D eigenvalue weighted by Gasteiger charge is -2.08. The molecule has 1 amide bonds. The van der Waals surface area contributed by atoms with Gasteiger partial charge in [0.15, 0.2) is 0 Å². The maximum Gasteiger partial charge on any atom is 0.220 e. The van der Waals surface area contributed by atoms with Gasteiger partial charge in [0.25, 0.3) is 0 Å². The minimum Gasteiger partial charge on any atom is -0.494 e. The molecule has 0 unspecified atom stereocenters. The predicted octanol–water partition coefficient (Wildman–Crippen LogP) is 3.61. The molecule has 0 aromatic heterocycles. The smallest absolute Gasteiger partial charge is 0.220 e. The highest BCUT2D eigenvalue weighted by Crippen LogP contribution is 2.17. The van der Waals surface area contributed by atoms with Crippen molar-refractivity contribution in [3.8, 4) is 11.5 Å². The Labute approximate surface area is 161 Å². The topological polar surface area (TPSA) is 73.6 Å². The minimum atomic E-state index is 0. The second kappa shape index (κ2) is 12.0. The first-order valence-electron chi connectivity index (χ1n) is 8.64. The van der Waals surface area contributed by atoms with Crippen molar-refractivity contribution in [3.05, 3.63) is 54.1 Å². The fraction of sp³-hybridized carbons (Fsp3) is 0.350. The number of nitrogen functional groups attached to an aromatic ring is 1. The quantitative estimate of drug-likeness (QED) is 0.489. The number of anilines is 1. The molecular formula is C20H27ClN2O3. The van der Waals surface area contributed by atoms with E-state index in [2.05, 4.69) is 5.32 Å². The number of ether oxygens (including phenoxy) is 2. The van der Waals surface area contributed by atoms with Gasteiger partial charge in [-0.25, -0.2) is 0 Å². The van der Waals surface area contributed by atoms with E-state index in [-0.39, 0.29) is 18.3 Å². The summed E-state index contributed by atoms with van der Waals surface area (Å²) in [4.78, 5) is 11.8. The van der Waals surface area contributed by atoms with Crippen LogP contribution in [0.5, 0.6) is 11.5 Å². The second-order valence-corrected chi connectivity index (χ2v) is 5.70. The van der Waals surface area contributed by atoms with E-state index in [0.717, 1.165) is 29.2 Å². The first kappa shape index (κ1) is 21.6. The molecule has 0 radical (unpaired) electrons. The Morgan fingerprint density at radius 1 is 1.00 bits per heavy atom. The van der Waals surface area contributed by atoms with Crippen molar-refractivity contribution in [1.29, 1.82) is 0 Å². The van der Waals surface area contributed by atoms with Gasteiger partial charge in [-0.3, -0.25) is 4.79 Å². The van der Waals surface area contributed by atoms with Crippen molar-refractivity contribution in [1.82, 2.24) is 5.32 Å². The van der Waals surface area contributed by atoms with Crippen molar-refractivity contribution in [2.24, 2.45) is 0 Å². The number of hydrogen-bond acceptors (Lipinski definition) is 4. The Morgan fingerprint density at radius 3 is 2.23 bits per heavy atom. The molecular weight excluding hydrogens is 352 g/mol. The van der Waals surface area contributed by atoms with E-state index in [1.165, 1.54) is 0 Å². The Balaban J connectivity index is 0.00000338. The van der Waals surface area contributed by atoms with Crippen molar-refractivity contribution < 1.29 is 14.3 Å². The highest BCUT2D eigenvalue weighted by atomic mass is 35.5. The van der Waals surface area contributed by atoms with E-state index in [0.29, 0.717) is 32.6 Å². The minimum absolute atomic E-state index is 0. The summed E-state index contributed by atoms with van der Waals surface area (Å²) < 4.78 is 11.0. The van der Waals surface area contributed by atoms with Gasteiger partial charge in [0.2, 0.25) is 5.91 Å². The molecule has 6 heteroatoms. The SMILES string of the molecule is CCOc1ccc(OCCCC(=O)NCCc2ccc(N)cc2)cc1.Cl. The molecule has 142 valence electrons. The van der Waals surface area contributed by atoms with Crippen LogP contribution in [0.25, 0.3) is 0 Å². The third-order valence-corrected chi connectivity index (χ3v) is 3.67. The maximum atomic E-state index is 11.8. The zero-order valence-corrected chi connectivity index (χ0v) is 15.9. The molecule has 0 atom stereocenters. The summed E-state index contributed by atoms with van der Waals surface area (Å²) in [5.74, 6) is 1.66. The summed E-state index contributed by atoms with van der Waals surface area (Å²) >= 11 is 0. The van der Waals surface area contributed by atoms with Gasteiger partial charge in [-0.2, -0.15) is 0 Å². The number of amides is 1. The van der Waals surface area contributed by atoms with E-state index < -0.39 is 0 Å². The molecule has 2 aromatic rings. The van der Waals surface area contributed by atoms with Crippen LogP contribution >= 0.6 is 12.4 Å². The normalized spacial score (nSPS) is 9.88. The number of nitrogens with one attached hydrogen (secondary N) is 1. The van der Waals surface area contributed by atoms with Gasteiger partial charge in [0.1, 0.15) is 11.5 Å². The van der Waals surface area contributed by atoms with Crippen LogP contribution in [0.1, 0.15) is 25.3 Å². The number of nitrogens with two attached hydrogens (primary N) is 1. The van der Waals surface area contributed by atoms with Crippen LogP contribution in [0.3, 0.4) is 0 Å². The second-order valence-electron chi connectivity index (χ2n) is 5.70. The van der Waals surface area contributed by atoms with Crippen molar-refractivity contribution in [2.45, 2.75) is 26.2 Å². The number of halogens is 1. The monoisotopic (exact) mass is 378 g/mol. The lowest BCUT2D eigenvalue weighted by atomic mass is 10.1. The van der Waals surface area contributed by atoms with Crippen LogP contribution < -0.4 is 20.5 Å². The van der Waals surface area contributed by atoms with Crippen LogP contribution in [0.2, 0.25) is 0 Å². The Bertz CT molecular complexity index is 645. The molecule has 0 spiro atoms. The molecule has 2 aromatic carbocycles. The molecule has 5 nitrogen and oxygen atoms in total. The van der Waals surface area contributed by atoms with Crippen molar-refractivity contribution in [2.75, 3.05) is 25.5 Å². The summed E-state index contributed by atoms with van der Waals surface area (Å²) in [6.07, 6.45) is 1.94. The molecule has 0 aliphatic heterocycles. The Kier molecular flexibility index (Phi) is 10.0. The van der Waals surface area contributed by atoms with Crippen LogP contribution in [0.15, 0.2) is 48.5 Å². The van der Waals surface area contributed by atoms with E-state index in [9.17, 15) is 4.79 Å². The van der Waals surface area contributed by atoms with E-state index in [4.69, 9.17) is 15.2 Å². The first-order chi connectivity index (χ1) is 12.2. The van der Waals surface area contributed by atoms with E-state index in [1.54, 1.807) is 0 Å². The van der Waals surface area contributed by atoms with Crippen molar-refractivity contribution >= 4 is 24.0 Å². The number of carbonyl (C=O) groups excluding carboxylic acids is 1. The Morgan fingerprint density at radius 2 is 1.62 bits per heavy atom. The third-order valence-electron chi connectivity index (χ3n) is 3.67. The molecule has 0 bridgehead atoms. The van der Waals surface area contributed by atoms with Gasteiger partial charge in [-0.05, 0) is 61.7 Å². The summed E-state index contributed by atoms with van der Waals surface area (Å²) in [5.41, 5.74) is 7.56. The zero-order chi connectivity index (χ0) is 17.9. The highest BCUT2D eigenvalue weighted by Gasteiger charge is 2.02.